The molecule has 9 heteroatoms. The smallest absolute Gasteiger partial charge is 0.354 e. The van der Waals surface area contributed by atoms with E-state index in [9.17, 15) is 19.5 Å². The molecule has 0 radical (unpaired) electrons. The fourth-order valence-corrected chi connectivity index (χ4v) is 2.21. The lowest BCUT2D eigenvalue weighted by Crippen LogP contribution is -2.17. The lowest BCUT2D eigenvalue weighted by Gasteiger charge is -2.16. The van der Waals surface area contributed by atoms with Crippen molar-refractivity contribution in [2.75, 3.05) is 24.9 Å². The molecule has 0 aliphatic heterocycles. The molecule has 0 atom stereocenters. The molecule has 1 heterocycles. The molecule has 28 heavy (non-hydrogen) atoms. The number of carbonyl (C=O) groups excluding carboxylic acids is 2. The second-order valence-electron chi connectivity index (χ2n) is 5.48. The number of nitrogens with one attached hydrogen (secondary N) is 2. The molecule has 0 fully saturated rings. The van der Waals surface area contributed by atoms with Crippen LogP contribution in [-0.4, -0.2) is 42.2 Å². The summed E-state index contributed by atoms with van der Waals surface area (Å²) in [6, 6.07) is 7.96. The average Bonchev–Trinajstić information content (AvgIpc) is 2.72. The maximum absolute atomic E-state index is 12.0. The van der Waals surface area contributed by atoms with Gasteiger partial charge < -0.3 is 25.2 Å². The Morgan fingerprint density at radius 3 is 2.54 bits per heavy atom. The number of aromatic carboxylic acids is 1. The van der Waals surface area contributed by atoms with Crippen LogP contribution in [0, 0.1) is 0 Å². The van der Waals surface area contributed by atoms with Crippen molar-refractivity contribution in [3.63, 3.8) is 0 Å². The summed E-state index contributed by atoms with van der Waals surface area (Å²) >= 11 is 0. The molecular formula is C19H19N3O6. The van der Waals surface area contributed by atoms with Gasteiger partial charge in [-0.05, 0) is 29.8 Å². The number of esters is 2. The van der Waals surface area contributed by atoms with Crippen LogP contribution >= 0.6 is 0 Å². The van der Waals surface area contributed by atoms with Crippen LogP contribution in [0.25, 0.3) is 0 Å². The molecule has 3 N–H and O–H groups in total. The molecule has 0 bridgehead atoms. The van der Waals surface area contributed by atoms with Crippen LogP contribution in [0.3, 0.4) is 0 Å². The number of benzene rings is 1. The van der Waals surface area contributed by atoms with Gasteiger partial charge in [-0.25, -0.2) is 14.4 Å². The van der Waals surface area contributed by atoms with E-state index in [1.807, 2.05) is 6.07 Å². The number of pyridine rings is 1. The van der Waals surface area contributed by atoms with Crippen molar-refractivity contribution in [2.24, 2.45) is 0 Å². The van der Waals surface area contributed by atoms with Gasteiger partial charge in [-0.15, -0.1) is 0 Å². The van der Waals surface area contributed by atoms with Gasteiger partial charge in [0, 0.05) is 18.9 Å². The Morgan fingerprint density at radius 2 is 1.93 bits per heavy atom. The highest BCUT2D eigenvalue weighted by Gasteiger charge is 2.16. The largest absolute Gasteiger partial charge is 0.478 e. The van der Waals surface area contributed by atoms with Gasteiger partial charge in [0.1, 0.15) is 5.70 Å². The van der Waals surface area contributed by atoms with Crippen LogP contribution in [0.5, 0.6) is 0 Å². The quantitative estimate of drug-likeness (QED) is 0.462. The van der Waals surface area contributed by atoms with E-state index in [1.165, 1.54) is 19.2 Å². The molecule has 146 valence electrons. The second-order valence-corrected chi connectivity index (χ2v) is 5.48. The summed E-state index contributed by atoms with van der Waals surface area (Å²) < 4.78 is 9.19. The number of hydrogen-bond acceptors (Lipinski definition) is 8. The summed E-state index contributed by atoms with van der Waals surface area (Å²) in [4.78, 5) is 38.8. The van der Waals surface area contributed by atoms with Gasteiger partial charge in [-0.1, -0.05) is 6.07 Å². The molecule has 0 saturated heterocycles. The highest BCUT2D eigenvalue weighted by molar-refractivity contribution is 6.00. The maximum Gasteiger partial charge on any atom is 0.354 e. The van der Waals surface area contributed by atoms with Crippen molar-refractivity contribution in [2.45, 2.75) is 6.54 Å². The van der Waals surface area contributed by atoms with Crippen LogP contribution in [0.2, 0.25) is 0 Å². The van der Waals surface area contributed by atoms with Gasteiger partial charge in [0.15, 0.2) is 0 Å². The predicted molar refractivity (Wildman–Crippen MR) is 101 cm³/mol. The van der Waals surface area contributed by atoms with Gasteiger partial charge in [0.25, 0.3) is 0 Å². The van der Waals surface area contributed by atoms with E-state index in [0.717, 1.165) is 18.7 Å². The third kappa shape index (κ3) is 5.56. The molecule has 9 nitrogen and oxygen atoms in total. The first-order valence-electron chi connectivity index (χ1n) is 8.09. The molecule has 0 amide bonds. The number of rotatable bonds is 8. The van der Waals surface area contributed by atoms with Gasteiger partial charge in [-0.3, -0.25) is 4.98 Å². The lowest BCUT2D eigenvalue weighted by atomic mass is 10.1. The predicted octanol–water partition coefficient (Wildman–Crippen LogP) is 2.03. The van der Waals surface area contributed by atoms with Crippen LogP contribution < -0.4 is 10.6 Å². The summed E-state index contributed by atoms with van der Waals surface area (Å²) in [5, 5.41) is 15.1. The zero-order valence-electron chi connectivity index (χ0n) is 15.3. The van der Waals surface area contributed by atoms with Crippen molar-refractivity contribution in [1.29, 1.82) is 0 Å². The number of carboxylic acid groups (broad SMARTS) is 1. The fraction of sp³-hybridized carbons (Fsp3) is 0.158. The first-order valence-corrected chi connectivity index (χ1v) is 8.09. The number of aromatic nitrogens is 1. The van der Waals surface area contributed by atoms with Gasteiger partial charge in [0.05, 0.1) is 37.2 Å². The Hall–Kier alpha value is -3.88. The molecule has 0 spiro atoms. The summed E-state index contributed by atoms with van der Waals surface area (Å²) in [5.74, 6) is -2.73. The summed E-state index contributed by atoms with van der Waals surface area (Å²) in [5.41, 5.74) is 1.46. The summed E-state index contributed by atoms with van der Waals surface area (Å²) in [6.45, 7) is 0.406. The van der Waals surface area contributed by atoms with Crippen molar-refractivity contribution in [1.82, 2.24) is 4.98 Å². The third-order valence-corrected chi connectivity index (χ3v) is 3.61. The van der Waals surface area contributed by atoms with E-state index < -0.39 is 17.9 Å². The Labute approximate surface area is 161 Å². The summed E-state index contributed by atoms with van der Waals surface area (Å²) in [7, 11) is 2.32. The number of methoxy groups -OCH3 is 2. The Kier molecular flexibility index (Phi) is 7.09. The molecule has 0 aliphatic carbocycles. The Morgan fingerprint density at radius 1 is 1.14 bits per heavy atom. The fourth-order valence-electron chi connectivity index (χ4n) is 2.21. The number of carbonyl (C=O) groups is 3. The Bertz CT molecular complexity index is 896. The van der Waals surface area contributed by atoms with Gasteiger partial charge in [0.2, 0.25) is 0 Å². The zero-order valence-corrected chi connectivity index (χ0v) is 15.3. The SMILES string of the molecule is COC(=O)/C=C(/Nc1cc(C(=O)O)ccc1NCc1cccnc1)C(=O)OC. The monoisotopic (exact) mass is 385 g/mol. The normalized spacial score (nSPS) is 10.7. The van der Waals surface area contributed by atoms with Crippen molar-refractivity contribution >= 4 is 29.3 Å². The number of anilines is 2. The van der Waals surface area contributed by atoms with Crippen LogP contribution in [0.15, 0.2) is 54.5 Å². The molecular weight excluding hydrogens is 366 g/mol. The Balaban J connectivity index is 2.36. The molecule has 2 aromatic rings. The lowest BCUT2D eigenvalue weighted by molar-refractivity contribution is -0.138. The van der Waals surface area contributed by atoms with Crippen molar-refractivity contribution < 1.29 is 29.0 Å². The minimum absolute atomic E-state index is 0.00304. The summed E-state index contributed by atoms with van der Waals surface area (Å²) in [6.07, 6.45) is 4.26. The van der Waals surface area contributed by atoms with Crippen molar-refractivity contribution in [3.05, 3.63) is 65.6 Å². The number of nitrogens with zero attached hydrogens (tertiary/aromatic N) is 1. The van der Waals surface area contributed by atoms with Crippen LogP contribution in [-0.2, 0) is 25.6 Å². The second kappa shape index (κ2) is 9.72. The van der Waals surface area contributed by atoms with Gasteiger partial charge >= 0.3 is 17.9 Å². The van der Waals surface area contributed by atoms with Crippen LogP contribution in [0.1, 0.15) is 15.9 Å². The van der Waals surface area contributed by atoms with E-state index in [-0.39, 0.29) is 16.9 Å². The highest BCUT2D eigenvalue weighted by atomic mass is 16.5. The zero-order chi connectivity index (χ0) is 20.5. The van der Waals surface area contributed by atoms with Crippen molar-refractivity contribution in [3.8, 4) is 0 Å². The highest BCUT2D eigenvalue weighted by Crippen LogP contribution is 2.26. The molecule has 0 saturated carbocycles. The molecule has 0 unspecified atom stereocenters. The average molecular weight is 385 g/mol. The molecule has 0 aliphatic rings. The van der Waals surface area contributed by atoms with E-state index in [4.69, 9.17) is 0 Å². The maximum atomic E-state index is 12.0. The molecule has 1 aromatic carbocycles. The van der Waals surface area contributed by atoms with E-state index in [0.29, 0.717) is 12.2 Å². The van der Waals surface area contributed by atoms with E-state index in [2.05, 4.69) is 25.1 Å². The van der Waals surface area contributed by atoms with E-state index in [1.54, 1.807) is 24.5 Å². The minimum atomic E-state index is -1.14. The number of hydrogen-bond donors (Lipinski definition) is 3. The first kappa shape index (κ1) is 20.4. The molecule has 1 aromatic heterocycles. The molecule has 2 rings (SSSR count). The first-order chi connectivity index (χ1) is 13.4. The number of carboxylic acids is 1. The third-order valence-electron chi connectivity index (χ3n) is 3.61. The topological polar surface area (TPSA) is 127 Å². The van der Waals surface area contributed by atoms with E-state index >= 15 is 0 Å². The van der Waals surface area contributed by atoms with Crippen LogP contribution in [0.4, 0.5) is 11.4 Å². The van der Waals surface area contributed by atoms with Gasteiger partial charge in [-0.2, -0.15) is 0 Å². The minimum Gasteiger partial charge on any atom is -0.478 e. The standard InChI is InChI=1S/C19H19N3O6/c1-27-17(23)9-16(19(26)28-2)22-15-8-13(18(24)25)5-6-14(15)21-11-12-4-3-7-20-10-12/h3-10,21-22H,11H2,1-2H3,(H,24,25)/b16-9+. The number of ether oxygens (including phenoxy) is 2.